The molecule has 1 heterocycles. The molecule has 0 spiro atoms. The van der Waals surface area contributed by atoms with Crippen LogP contribution in [0.3, 0.4) is 0 Å². The Balaban J connectivity index is 1.96. The first-order valence-electron chi connectivity index (χ1n) is 6.84. The number of halogens is 1. The van der Waals surface area contributed by atoms with E-state index >= 15 is 0 Å². The van der Waals surface area contributed by atoms with E-state index in [-0.39, 0.29) is 11.7 Å². The lowest BCUT2D eigenvalue weighted by molar-refractivity contribution is -0.117. The van der Waals surface area contributed by atoms with Gasteiger partial charge in [0, 0.05) is 32.2 Å². The number of carbonyl (C=O) groups is 1. The zero-order valence-corrected chi connectivity index (χ0v) is 11.6. The summed E-state index contributed by atoms with van der Waals surface area (Å²) in [5.74, 6) is -0.130. The molecule has 0 aliphatic carbocycles. The minimum Gasteiger partial charge on any atom is -0.492 e. The fraction of sp³-hybridized carbons (Fsp3) is 0.500. The summed E-state index contributed by atoms with van der Waals surface area (Å²) in [6.45, 7) is 6.08. The van der Waals surface area contributed by atoms with Crippen LogP contribution in [0.1, 0.15) is 6.92 Å². The van der Waals surface area contributed by atoms with Crippen molar-refractivity contribution in [1.29, 1.82) is 0 Å². The average Bonchev–Trinajstić information content (AvgIpc) is 2.43. The van der Waals surface area contributed by atoms with Crippen molar-refractivity contribution in [3.8, 4) is 5.75 Å². The Morgan fingerprint density at radius 3 is 2.90 bits per heavy atom. The van der Waals surface area contributed by atoms with Crippen LogP contribution in [0.15, 0.2) is 18.2 Å². The van der Waals surface area contributed by atoms with Crippen LogP contribution in [0.2, 0.25) is 0 Å². The van der Waals surface area contributed by atoms with Gasteiger partial charge in [-0.3, -0.25) is 9.69 Å². The number of carbonyl (C=O) groups excluding carboxylic acids is 1. The monoisotopic (exact) mass is 281 g/mol. The van der Waals surface area contributed by atoms with Gasteiger partial charge < -0.3 is 15.4 Å². The predicted octanol–water partition coefficient (Wildman–Crippen LogP) is 1.07. The quantitative estimate of drug-likeness (QED) is 0.847. The third-order valence-corrected chi connectivity index (χ3v) is 3.09. The molecule has 20 heavy (non-hydrogen) atoms. The van der Waals surface area contributed by atoms with E-state index in [1.165, 1.54) is 18.2 Å². The molecule has 2 rings (SSSR count). The Hall–Kier alpha value is -1.66. The molecule has 1 aliphatic rings. The maximum Gasteiger partial charge on any atom is 0.238 e. The molecule has 2 N–H and O–H groups in total. The van der Waals surface area contributed by atoms with E-state index < -0.39 is 0 Å². The Morgan fingerprint density at radius 2 is 2.20 bits per heavy atom. The molecule has 0 atom stereocenters. The zero-order valence-electron chi connectivity index (χ0n) is 11.6. The molecule has 1 amide bonds. The average molecular weight is 281 g/mol. The third-order valence-electron chi connectivity index (χ3n) is 3.09. The maximum absolute atomic E-state index is 13.2. The van der Waals surface area contributed by atoms with E-state index in [9.17, 15) is 9.18 Å². The minimum atomic E-state index is -0.381. The van der Waals surface area contributed by atoms with Crippen molar-refractivity contribution in [2.45, 2.75) is 6.92 Å². The van der Waals surface area contributed by atoms with Crippen molar-refractivity contribution in [2.24, 2.45) is 0 Å². The third kappa shape index (κ3) is 4.18. The number of nitrogens with one attached hydrogen (secondary N) is 2. The van der Waals surface area contributed by atoms with Crippen LogP contribution >= 0.6 is 0 Å². The van der Waals surface area contributed by atoms with Gasteiger partial charge in [0.15, 0.2) is 0 Å². The normalized spacial score (nSPS) is 15.9. The summed E-state index contributed by atoms with van der Waals surface area (Å²) in [6.07, 6.45) is 0. The molecular weight excluding hydrogens is 261 g/mol. The summed E-state index contributed by atoms with van der Waals surface area (Å²) in [6, 6.07) is 4.11. The highest BCUT2D eigenvalue weighted by atomic mass is 19.1. The number of hydrogen-bond donors (Lipinski definition) is 2. The Morgan fingerprint density at radius 1 is 1.45 bits per heavy atom. The SMILES string of the molecule is CCOc1cc(F)ccc1NC(=O)CN1CCNCC1. The number of hydrogen-bond acceptors (Lipinski definition) is 4. The van der Waals surface area contributed by atoms with E-state index in [0.717, 1.165) is 26.2 Å². The van der Waals surface area contributed by atoms with Crippen LogP contribution in [0, 0.1) is 5.82 Å². The van der Waals surface area contributed by atoms with Crippen LogP contribution in [0.5, 0.6) is 5.75 Å². The summed E-state index contributed by atoms with van der Waals surface area (Å²) in [5.41, 5.74) is 0.508. The Kier molecular flexibility index (Phi) is 5.31. The molecule has 1 aromatic carbocycles. The predicted molar refractivity (Wildman–Crippen MR) is 75.5 cm³/mol. The van der Waals surface area contributed by atoms with Gasteiger partial charge in [-0.1, -0.05) is 0 Å². The number of piperazine rings is 1. The standard InChI is InChI=1S/C14H20FN3O2/c1-2-20-13-9-11(15)3-4-12(13)17-14(19)10-18-7-5-16-6-8-18/h3-4,9,16H,2,5-8,10H2,1H3,(H,17,19). The lowest BCUT2D eigenvalue weighted by Crippen LogP contribution is -2.46. The summed E-state index contributed by atoms with van der Waals surface area (Å²) in [4.78, 5) is 14.1. The molecule has 1 saturated heterocycles. The van der Waals surface area contributed by atoms with Gasteiger partial charge in [-0.15, -0.1) is 0 Å². The first kappa shape index (κ1) is 14.7. The summed E-state index contributed by atoms with van der Waals surface area (Å²) < 4.78 is 18.5. The van der Waals surface area contributed by atoms with Crippen LogP contribution < -0.4 is 15.4 Å². The van der Waals surface area contributed by atoms with Crippen molar-refractivity contribution >= 4 is 11.6 Å². The number of nitrogens with zero attached hydrogens (tertiary/aromatic N) is 1. The largest absolute Gasteiger partial charge is 0.492 e. The van der Waals surface area contributed by atoms with Gasteiger partial charge >= 0.3 is 0 Å². The second-order valence-electron chi connectivity index (χ2n) is 4.65. The summed E-state index contributed by atoms with van der Waals surface area (Å²) >= 11 is 0. The minimum absolute atomic E-state index is 0.112. The summed E-state index contributed by atoms with van der Waals surface area (Å²) in [7, 11) is 0. The van der Waals surface area contributed by atoms with Gasteiger partial charge in [-0.05, 0) is 19.1 Å². The van der Waals surface area contributed by atoms with Gasteiger partial charge in [-0.25, -0.2) is 4.39 Å². The fourth-order valence-electron chi connectivity index (χ4n) is 2.14. The molecule has 0 unspecified atom stereocenters. The number of amides is 1. The van der Waals surface area contributed by atoms with E-state index in [1.54, 1.807) is 0 Å². The molecule has 0 saturated carbocycles. The number of benzene rings is 1. The van der Waals surface area contributed by atoms with E-state index in [2.05, 4.69) is 15.5 Å². The van der Waals surface area contributed by atoms with Crippen LogP contribution in [-0.4, -0.2) is 50.1 Å². The van der Waals surface area contributed by atoms with Gasteiger partial charge in [0.05, 0.1) is 18.8 Å². The highest BCUT2D eigenvalue weighted by Gasteiger charge is 2.15. The highest BCUT2D eigenvalue weighted by Crippen LogP contribution is 2.25. The van der Waals surface area contributed by atoms with Crippen molar-refractivity contribution < 1.29 is 13.9 Å². The molecule has 5 nitrogen and oxygen atoms in total. The molecule has 0 aromatic heterocycles. The van der Waals surface area contributed by atoms with Crippen molar-refractivity contribution in [2.75, 3.05) is 44.6 Å². The Bertz CT molecular complexity index is 462. The number of anilines is 1. The second kappa shape index (κ2) is 7.21. The van der Waals surface area contributed by atoms with Crippen molar-refractivity contribution in [1.82, 2.24) is 10.2 Å². The highest BCUT2D eigenvalue weighted by molar-refractivity contribution is 5.93. The molecule has 0 radical (unpaired) electrons. The topological polar surface area (TPSA) is 53.6 Å². The van der Waals surface area contributed by atoms with Crippen molar-refractivity contribution in [3.63, 3.8) is 0 Å². The molecule has 110 valence electrons. The Labute approximate surface area is 118 Å². The molecule has 1 aromatic rings. The van der Waals surface area contributed by atoms with E-state index in [0.29, 0.717) is 24.6 Å². The molecule has 1 fully saturated rings. The molecule has 6 heteroatoms. The number of ether oxygens (including phenoxy) is 1. The summed E-state index contributed by atoms with van der Waals surface area (Å²) in [5, 5.41) is 6.01. The number of rotatable bonds is 5. The zero-order chi connectivity index (χ0) is 14.4. The van der Waals surface area contributed by atoms with Crippen LogP contribution in [0.25, 0.3) is 0 Å². The van der Waals surface area contributed by atoms with Crippen LogP contribution in [-0.2, 0) is 4.79 Å². The van der Waals surface area contributed by atoms with E-state index in [4.69, 9.17) is 4.74 Å². The van der Waals surface area contributed by atoms with E-state index in [1.807, 2.05) is 6.92 Å². The lowest BCUT2D eigenvalue weighted by atomic mass is 10.2. The molecular formula is C14H20FN3O2. The van der Waals surface area contributed by atoms with Gasteiger partial charge in [0.25, 0.3) is 0 Å². The van der Waals surface area contributed by atoms with Gasteiger partial charge in [-0.2, -0.15) is 0 Å². The smallest absolute Gasteiger partial charge is 0.238 e. The maximum atomic E-state index is 13.2. The van der Waals surface area contributed by atoms with Gasteiger partial charge in [0.2, 0.25) is 5.91 Å². The molecule has 0 bridgehead atoms. The molecule has 1 aliphatic heterocycles. The van der Waals surface area contributed by atoms with Crippen molar-refractivity contribution in [3.05, 3.63) is 24.0 Å². The second-order valence-corrected chi connectivity index (χ2v) is 4.65. The first-order chi connectivity index (χ1) is 9.69. The fourth-order valence-corrected chi connectivity index (χ4v) is 2.14. The van der Waals surface area contributed by atoms with Gasteiger partial charge in [0.1, 0.15) is 11.6 Å². The van der Waals surface area contributed by atoms with Crippen LogP contribution in [0.4, 0.5) is 10.1 Å². The lowest BCUT2D eigenvalue weighted by Gasteiger charge is -2.26. The first-order valence-corrected chi connectivity index (χ1v) is 6.84.